The first-order valence-corrected chi connectivity index (χ1v) is 5.98. The van der Waals surface area contributed by atoms with Gasteiger partial charge in [0.05, 0.1) is 6.21 Å². The Balaban J connectivity index is 1.96. The van der Waals surface area contributed by atoms with Crippen LogP contribution in [0.5, 0.6) is 0 Å². The lowest BCUT2D eigenvalue weighted by Gasteiger charge is -1.94. The van der Waals surface area contributed by atoms with Crippen LogP contribution in [0.25, 0.3) is 0 Å². The van der Waals surface area contributed by atoms with Gasteiger partial charge >= 0.3 is 0 Å². The molecule has 92 valence electrons. The van der Waals surface area contributed by atoms with Gasteiger partial charge in [0.25, 0.3) is 5.91 Å². The van der Waals surface area contributed by atoms with Crippen LogP contribution in [0.4, 0.5) is 5.13 Å². The molecule has 0 atom stereocenters. The zero-order valence-corrected chi connectivity index (χ0v) is 10.1. The molecule has 0 saturated heterocycles. The van der Waals surface area contributed by atoms with Gasteiger partial charge in [0.15, 0.2) is 0 Å². The van der Waals surface area contributed by atoms with Gasteiger partial charge in [-0.15, -0.1) is 11.3 Å². The summed E-state index contributed by atoms with van der Waals surface area (Å²) in [6.07, 6.45) is 1.67. The number of hydrogen-bond acceptors (Lipinski definition) is 6. The fourth-order valence-corrected chi connectivity index (χ4v) is 1.84. The molecular weight excluding hydrogens is 250 g/mol. The van der Waals surface area contributed by atoms with Crippen LogP contribution >= 0.6 is 11.3 Å². The standard InChI is InChI=1S/C11H11N5OS/c12-15-10(17)9-7-18-11(14-9)16-13-6-8-4-2-1-3-5-8/h1-7H,12H2,(H,14,16)(H,15,17)/b13-6-. The number of amides is 1. The van der Waals surface area contributed by atoms with Crippen LogP contribution < -0.4 is 16.7 Å². The van der Waals surface area contributed by atoms with E-state index < -0.39 is 5.91 Å². The van der Waals surface area contributed by atoms with E-state index >= 15 is 0 Å². The molecule has 0 bridgehead atoms. The number of rotatable bonds is 4. The summed E-state index contributed by atoms with van der Waals surface area (Å²) in [4.78, 5) is 15.2. The average Bonchev–Trinajstić information content (AvgIpc) is 2.88. The largest absolute Gasteiger partial charge is 0.289 e. The lowest BCUT2D eigenvalue weighted by Crippen LogP contribution is -2.30. The third-order valence-corrected chi connectivity index (χ3v) is 2.79. The van der Waals surface area contributed by atoms with Gasteiger partial charge in [0.2, 0.25) is 5.13 Å². The fraction of sp³-hybridized carbons (Fsp3) is 0. The predicted molar refractivity (Wildman–Crippen MR) is 71.4 cm³/mol. The molecule has 0 fully saturated rings. The van der Waals surface area contributed by atoms with Crippen LogP contribution in [0.3, 0.4) is 0 Å². The molecule has 0 unspecified atom stereocenters. The van der Waals surface area contributed by atoms with Crippen LogP contribution in [0.1, 0.15) is 16.1 Å². The van der Waals surface area contributed by atoms with Gasteiger partial charge in [-0.25, -0.2) is 10.8 Å². The van der Waals surface area contributed by atoms with Crippen molar-refractivity contribution in [2.24, 2.45) is 10.9 Å². The number of anilines is 1. The monoisotopic (exact) mass is 261 g/mol. The first-order chi connectivity index (χ1) is 8.79. The molecule has 0 aliphatic heterocycles. The maximum atomic E-state index is 11.2. The van der Waals surface area contributed by atoms with Crippen molar-refractivity contribution in [2.75, 3.05) is 5.43 Å². The van der Waals surface area contributed by atoms with Crippen LogP contribution in [0.15, 0.2) is 40.8 Å². The van der Waals surface area contributed by atoms with E-state index in [2.05, 4.69) is 15.5 Å². The summed E-state index contributed by atoms with van der Waals surface area (Å²) < 4.78 is 0. The normalized spacial score (nSPS) is 10.5. The number of thiazole rings is 1. The van der Waals surface area contributed by atoms with E-state index in [0.717, 1.165) is 5.56 Å². The topological polar surface area (TPSA) is 92.4 Å². The lowest BCUT2D eigenvalue weighted by atomic mass is 10.2. The Kier molecular flexibility index (Phi) is 4.00. The molecule has 0 radical (unpaired) electrons. The number of benzene rings is 1. The number of nitrogen functional groups attached to an aromatic ring is 1. The Bertz CT molecular complexity index is 552. The first kappa shape index (κ1) is 12.2. The van der Waals surface area contributed by atoms with Gasteiger partial charge in [-0.1, -0.05) is 30.3 Å². The zero-order valence-electron chi connectivity index (χ0n) is 9.33. The molecule has 1 aromatic heterocycles. The van der Waals surface area contributed by atoms with Crippen molar-refractivity contribution in [1.82, 2.24) is 10.4 Å². The number of hydrazone groups is 1. The highest BCUT2D eigenvalue weighted by atomic mass is 32.1. The number of carbonyl (C=O) groups is 1. The highest BCUT2D eigenvalue weighted by Crippen LogP contribution is 2.14. The molecule has 1 heterocycles. The van der Waals surface area contributed by atoms with Crippen molar-refractivity contribution in [1.29, 1.82) is 0 Å². The molecular formula is C11H11N5OS. The Labute approximate surface area is 108 Å². The summed E-state index contributed by atoms with van der Waals surface area (Å²) in [6.45, 7) is 0. The molecule has 6 nitrogen and oxygen atoms in total. The van der Waals surface area contributed by atoms with Gasteiger partial charge in [0, 0.05) is 5.38 Å². The molecule has 2 rings (SSSR count). The second-order valence-corrected chi connectivity index (χ2v) is 4.15. The minimum atomic E-state index is -0.425. The number of nitrogens with one attached hydrogen (secondary N) is 2. The van der Waals surface area contributed by atoms with Crippen molar-refractivity contribution in [3.8, 4) is 0 Å². The number of nitrogens with two attached hydrogens (primary N) is 1. The molecule has 4 N–H and O–H groups in total. The lowest BCUT2D eigenvalue weighted by molar-refractivity contribution is 0.0949. The Morgan fingerprint density at radius 1 is 1.39 bits per heavy atom. The van der Waals surface area contributed by atoms with Crippen LogP contribution in [0, 0.1) is 0 Å². The second-order valence-electron chi connectivity index (χ2n) is 3.29. The van der Waals surface area contributed by atoms with Gasteiger partial charge in [-0.2, -0.15) is 5.10 Å². The summed E-state index contributed by atoms with van der Waals surface area (Å²) in [5, 5.41) is 6.15. The zero-order chi connectivity index (χ0) is 12.8. The first-order valence-electron chi connectivity index (χ1n) is 5.10. The molecule has 2 aromatic rings. The predicted octanol–water partition coefficient (Wildman–Crippen LogP) is 1.19. The van der Waals surface area contributed by atoms with Crippen LogP contribution in [-0.2, 0) is 0 Å². The van der Waals surface area contributed by atoms with Crippen LogP contribution in [-0.4, -0.2) is 17.1 Å². The highest BCUT2D eigenvalue weighted by Gasteiger charge is 2.07. The van der Waals surface area contributed by atoms with Crippen molar-refractivity contribution in [3.63, 3.8) is 0 Å². The van der Waals surface area contributed by atoms with E-state index in [0.29, 0.717) is 5.13 Å². The molecule has 7 heteroatoms. The van der Waals surface area contributed by atoms with Gasteiger partial charge in [-0.3, -0.25) is 15.6 Å². The third-order valence-electron chi connectivity index (χ3n) is 2.04. The minimum absolute atomic E-state index is 0.264. The maximum absolute atomic E-state index is 11.2. The van der Waals surface area contributed by atoms with E-state index in [9.17, 15) is 4.79 Å². The molecule has 1 aromatic carbocycles. The fourth-order valence-electron chi connectivity index (χ4n) is 1.20. The SMILES string of the molecule is NNC(=O)c1csc(N/N=C\c2ccccc2)n1. The van der Waals surface area contributed by atoms with Gasteiger partial charge in [-0.05, 0) is 5.56 Å². The third kappa shape index (κ3) is 3.12. The number of hydrogen-bond donors (Lipinski definition) is 3. The van der Waals surface area contributed by atoms with Gasteiger partial charge < -0.3 is 0 Å². The summed E-state index contributed by atoms with van der Waals surface area (Å²) in [5.41, 5.74) is 6.00. The number of nitrogens with zero attached hydrogens (tertiary/aromatic N) is 2. The number of aromatic nitrogens is 1. The second kappa shape index (κ2) is 5.89. The van der Waals surface area contributed by atoms with Gasteiger partial charge in [0.1, 0.15) is 5.69 Å². The summed E-state index contributed by atoms with van der Waals surface area (Å²) in [6, 6.07) is 9.65. The number of hydrazine groups is 1. The van der Waals surface area contributed by atoms with E-state index in [1.165, 1.54) is 11.3 Å². The van der Waals surface area contributed by atoms with E-state index in [-0.39, 0.29) is 5.69 Å². The van der Waals surface area contributed by atoms with Crippen molar-refractivity contribution >= 4 is 28.6 Å². The molecule has 18 heavy (non-hydrogen) atoms. The Hall–Kier alpha value is -2.25. The van der Waals surface area contributed by atoms with Crippen molar-refractivity contribution in [3.05, 3.63) is 47.0 Å². The van der Waals surface area contributed by atoms with E-state index in [1.807, 2.05) is 35.8 Å². The summed E-state index contributed by atoms with van der Waals surface area (Å²) in [7, 11) is 0. The van der Waals surface area contributed by atoms with E-state index in [4.69, 9.17) is 5.84 Å². The van der Waals surface area contributed by atoms with Crippen LogP contribution in [0.2, 0.25) is 0 Å². The molecule has 0 spiro atoms. The summed E-state index contributed by atoms with van der Waals surface area (Å²) in [5.74, 6) is 4.58. The quantitative estimate of drug-likeness (QED) is 0.333. The smallest absolute Gasteiger partial charge is 0.284 e. The molecule has 0 saturated carbocycles. The summed E-state index contributed by atoms with van der Waals surface area (Å²) >= 11 is 1.28. The Morgan fingerprint density at radius 3 is 2.89 bits per heavy atom. The van der Waals surface area contributed by atoms with E-state index in [1.54, 1.807) is 11.6 Å². The Morgan fingerprint density at radius 2 is 2.17 bits per heavy atom. The average molecular weight is 261 g/mol. The number of carbonyl (C=O) groups excluding carboxylic acids is 1. The molecule has 1 amide bonds. The van der Waals surface area contributed by atoms with Crippen molar-refractivity contribution in [2.45, 2.75) is 0 Å². The molecule has 0 aliphatic rings. The maximum Gasteiger partial charge on any atom is 0.284 e. The minimum Gasteiger partial charge on any atom is -0.289 e. The van der Waals surface area contributed by atoms with Crippen molar-refractivity contribution < 1.29 is 4.79 Å². The molecule has 0 aliphatic carbocycles. The highest BCUT2D eigenvalue weighted by molar-refractivity contribution is 7.13.